The molecule has 0 spiro atoms. The first-order valence-electron chi connectivity index (χ1n) is 7.32. The third kappa shape index (κ3) is 3.54. The van der Waals surface area contributed by atoms with Crippen LogP contribution in [0.15, 0.2) is 78.9 Å². The zero-order valence-electron chi connectivity index (χ0n) is 12.3. The molecule has 0 saturated heterocycles. The average molecular weight is 290 g/mol. The number of ether oxygens (including phenoxy) is 1. The van der Waals surface area contributed by atoms with Gasteiger partial charge in [-0.1, -0.05) is 66.7 Å². The minimum absolute atomic E-state index is 0.262. The van der Waals surface area contributed by atoms with Gasteiger partial charge in [0.25, 0.3) is 0 Å². The second-order valence-corrected chi connectivity index (χ2v) is 5.19. The molecule has 0 aliphatic carbocycles. The van der Waals surface area contributed by atoms with E-state index in [4.69, 9.17) is 4.74 Å². The van der Waals surface area contributed by atoms with Crippen LogP contribution in [0, 0.1) is 0 Å². The van der Waals surface area contributed by atoms with E-state index in [1.807, 2.05) is 54.6 Å². The van der Waals surface area contributed by atoms with Gasteiger partial charge in [-0.3, -0.25) is 0 Å². The van der Waals surface area contributed by atoms with E-state index in [0.717, 1.165) is 22.3 Å². The largest absolute Gasteiger partial charge is 0.508 e. The molecule has 3 aromatic rings. The standard InChI is InChI=1S/C20H18O2/c21-19-11-12-20(17-9-5-2-6-10-17)18(13-19)15-22-14-16-7-3-1-4-8-16/h1-13,21H,14-15H2. The van der Waals surface area contributed by atoms with Gasteiger partial charge in [0.05, 0.1) is 13.2 Å². The summed E-state index contributed by atoms with van der Waals surface area (Å²) in [7, 11) is 0. The van der Waals surface area contributed by atoms with Gasteiger partial charge in [-0.15, -0.1) is 0 Å². The van der Waals surface area contributed by atoms with Gasteiger partial charge < -0.3 is 9.84 Å². The molecular weight excluding hydrogens is 272 g/mol. The Hall–Kier alpha value is -2.58. The van der Waals surface area contributed by atoms with Crippen molar-refractivity contribution in [1.82, 2.24) is 0 Å². The molecule has 0 heterocycles. The van der Waals surface area contributed by atoms with Gasteiger partial charge in [0, 0.05) is 0 Å². The summed E-state index contributed by atoms with van der Waals surface area (Å²) in [4.78, 5) is 0. The van der Waals surface area contributed by atoms with Gasteiger partial charge in [-0.05, 0) is 34.4 Å². The van der Waals surface area contributed by atoms with Crippen LogP contribution in [0.2, 0.25) is 0 Å². The van der Waals surface area contributed by atoms with Crippen LogP contribution in [0.4, 0.5) is 0 Å². The first kappa shape index (κ1) is 14.4. The van der Waals surface area contributed by atoms with Crippen LogP contribution >= 0.6 is 0 Å². The molecule has 2 nitrogen and oxygen atoms in total. The number of benzene rings is 3. The lowest BCUT2D eigenvalue weighted by molar-refractivity contribution is 0.107. The van der Waals surface area contributed by atoms with Crippen molar-refractivity contribution >= 4 is 0 Å². The number of hydrogen-bond donors (Lipinski definition) is 1. The van der Waals surface area contributed by atoms with E-state index < -0.39 is 0 Å². The van der Waals surface area contributed by atoms with Gasteiger partial charge in [-0.25, -0.2) is 0 Å². The minimum Gasteiger partial charge on any atom is -0.508 e. The van der Waals surface area contributed by atoms with Crippen molar-refractivity contribution in [3.05, 3.63) is 90.0 Å². The highest BCUT2D eigenvalue weighted by molar-refractivity contribution is 5.68. The van der Waals surface area contributed by atoms with Crippen LogP contribution in [-0.2, 0) is 18.0 Å². The topological polar surface area (TPSA) is 29.5 Å². The van der Waals surface area contributed by atoms with Crippen LogP contribution < -0.4 is 0 Å². The summed E-state index contributed by atoms with van der Waals surface area (Å²) >= 11 is 0. The van der Waals surface area contributed by atoms with E-state index >= 15 is 0 Å². The zero-order valence-corrected chi connectivity index (χ0v) is 12.3. The number of aromatic hydroxyl groups is 1. The lowest BCUT2D eigenvalue weighted by Crippen LogP contribution is -1.96. The second-order valence-electron chi connectivity index (χ2n) is 5.19. The van der Waals surface area contributed by atoms with E-state index in [1.165, 1.54) is 0 Å². The van der Waals surface area contributed by atoms with Crippen LogP contribution in [0.1, 0.15) is 11.1 Å². The Morgan fingerprint density at radius 3 is 2.14 bits per heavy atom. The monoisotopic (exact) mass is 290 g/mol. The number of rotatable bonds is 5. The number of phenolic OH excluding ortho intramolecular Hbond substituents is 1. The van der Waals surface area contributed by atoms with Crippen LogP contribution in [0.5, 0.6) is 5.75 Å². The van der Waals surface area contributed by atoms with Crippen molar-refractivity contribution in [2.75, 3.05) is 0 Å². The van der Waals surface area contributed by atoms with E-state index in [2.05, 4.69) is 12.1 Å². The molecule has 1 N–H and O–H groups in total. The Morgan fingerprint density at radius 1 is 0.727 bits per heavy atom. The van der Waals surface area contributed by atoms with E-state index in [-0.39, 0.29) is 5.75 Å². The third-order valence-electron chi connectivity index (χ3n) is 3.54. The normalized spacial score (nSPS) is 10.5. The fourth-order valence-corrected chi connectivity index (χ4v) is 2.45. The molecule has 0 aliphatic heterocycles. The molecule has 2 heteroatoms. The predicted molar refractivity (Wildman–Crippen MR) is 88.5 cm³/mol. The van der Waals surface area contributed by atoms with Crippen molar-refractivity contribution in [1.29, 1.82) is 0 Å². The fourth-order valence-electron chi connectivity index (χ4n) is 2.45. The highest BCUT2D eigenvalue weighted by Gasteiger charge is 2.06. The van der Waals surface area contributed by atoms with Crippen LogP contribution in [0.25, 0.3) is 11.1 Å². The molecule has 0 radical (unpaired) electrons. The second kappa shape index (κ2) is 6.92. The van der Waals surface area contributed by atoms with Gasteiger partial charge in [-0.2, -0.15) is 0 Å². The third-order valence-corrected chi connectivity index (χ3v) is 3.54. The average Bonchev–Trinajstić information content (AvgIpc) is 2.57. The molecule has 0 aromatic heterocycles. The lowest BCUT2D eigenvalue weighted by atomic mass is 10.00. The molecule has 0 unspecified atom stereocenters. The summed E-state index contributed by atoms with van der Waals surface area (Å²) in [6, 6.07) is 25.6. The van der Waals surface area contributed by atoms with E-state index in [0.29, 0.717) is 13.2 Å². The van der Waals surface area contributed by atoms with Crippen molar-refractivity contribution in [2.24, 2.45) is 0 Å². The maximum absolute atomic E-state index is 9.75. The molecule has 0 fully saturated rings. The maximum atomic E-state index is 9.75. The van der Waals surface area contributed by atoms with Crippen molar-refractivity contribution in [3.63, 3.8) is 0 Å². The summed E-state index contributed by atoms with van der Waals surface area (Å²) in [5.74, 6) is 0.262. The van der Waals surface area contributed by atoms with Gasteiger partial charge in [0.15, 0.2) is 0 Å². The highest BCUT2D eigenvalue weighted by atomic mass is 16.5. The Kier molecular flexibility index (Phi) is 4.52. The van der Waals surface area contributed by atoms with Gasteiger partial charge in [0.1, 0.15) is 5.75 Å². The molecule has 3 aromatic carbocycles. The smallest absolute Gasteiger partial charge is 0.115 e. The van der Waals surface area contributed by atoms with Crippen LogP contribution in [0.3, 0.4) is 0 Å². The molecule has 3 rings (SSSR count). The number of phenols is 1. The van der Waals surface area contributed by atoms with Gasteiger partial charge in [0.2, 0.25) is 0 Å². The minimum atomic E-state index is 0.262. The summed E-state index contributed by atoms with van der Waals surface area (Å²) in [6.45, 7) is 1.03. The Labute approximate surface area is 130 Å². The summed E-state index contributed by atoms with van der Waals surface area (Å²) in [6.07, 6.45) is 0. The van der Waals surface area contributed by atoms with E-state index in [9.17, 15) is 5.11 Å². The molecule has 0 atom stereocenters. The van der Waals surface area contributed by atoms with Crippen LogP contribution in [-0.4, -0.2) is 5.11 Å². The highest BCUT2D eigenvalue weighted by Crippen LogP contribution is 2.27. The van der Waals surface area contributed by atoms with Crippen molar-refractivity contribution in [2.45, 2.75) is 13.2 Å². The summed E-state index contributed by atoms with van der Waals surface area (Å²) < 4.78 is 5.81. The molecule has 0 bridgehead atoms. The first-order chi connectivity index (χ1) is 10.8. The predicted octanol–water partition coefficient (Wildman–Crippen LogP) is 4.78. The Morgan fingerprint density at radius 2 is 1.41 bits per heavy atom. The molecular formula is C20H18O2. The first-order valence-corrected chi connectivity index (χ1v) is 7.32. The van der Waals surface area contributed by atoms with E-state index in [1.54, 1.807) is 12.1 Å². The molecule has 0 aliphatic rings. The van der Waals surface area contributed by atoms with Crippen molar-refractivity contribution in [3.8, 4) is 16.9 Å². The summed E-state index contributed by atoms with van der Waals surface area (Å²) in [5.41, 5.74) is 4.35. The molecule has 0 saturated carbocycles. The zero-order chi connectivity index (χ0) is 15.2. The lowest BCUT2D eigenvalue weighted by Gasteiger charge is -2.11. The van der Waals surface area contributed by atoms with Crippen molar-refractivity contribution < 1.29 is 9.84 Å². The SMILES string of the molecule is Oc1ccc(-c2ccccc2)c(COCc2ccccc2)c1. The Balaban J connectivity index is 1.76. The molecule has 22 heavy (non-hydrogen) atoms. The summed E-state index contributed by atoms with van der Waals surface area (Å²) in [5, 5.41) is 9.75. The molecule has 110 valence electrons. The molecule has 0 amide bonds. The fraction of sp³-hybridized carbons (Fsp3) is 0.100. The maximum Gasteiger partial charge on any atom is 0.115 e. The van der Waals surface area contributed by atoms with Gasteiger partial charge >= 0.3 is 0 Å². The quantitative estimate of drug-likeness (QED) is 0.733. The Bertz CT molecular complexity index is 721. The number of hydrogen-bond acceptors (Lipinski definition) is 2.